The van der Waals surface area contributed by atoms with Crippen molar-refractivity contribution in [3.8, 4) is 0 Å². The molecule has 0 aromatic carbocycles. The molecule has 0 saturated heterocycles. The summed E-state index contributed by atoms with van der Waals surface area (Å²) in [4.78, 5) is 82.3. The van der Waals surface area contributed by atoms with Gasteiger partial charge in [0, 0.05) is 70.5 Å². The highest BCUT2D eigenvalue weighted by Gasteiger charge is 2.40. The van der Waals surface area contributed by atoms with Gasteiger partial charge in [0.15, 0.2) is 0 Å². The summed E-state index contributed by atoms with van der Waals surface area (Å²) >= 11 is 0. The van der Waals surface area contributed by atoms with E-state index in [1.165, 1.54) is 22.9 Å². The van der Waals surface area contributed by atoms with Gasteiger partial charge in [0.25, 0.3) is 0 Å². The minimum absolute atomic E-state index is 0.108. The van der Waals surface area contributed by atoms with E-state index in [4.69, 9.17) is 0 Å². The molecule has 0 rings (SSSR count). The second-order valence-electron chi connectivity index (χ2n) is 9.99. The molecule has 0 aromatic heterocycles. The third-order valence-corrected chi connectivity index (χ3v) is 6.19. The molecule has 23 heteroatoms. The Morgan fingerprint density at radius 1 is 0.417 bits per heavy atom. The SMILES string of the molecule is CCC(=O)NC(CCC(=O)NCCNC(=O)C(F)(F)F)(CCC(=O)NCCNC(=O)C(F)(F)F)CCC(=O)NCCNC(=O)C(F)(F)F. The lowest BCUT2D eigenvalue weighted by atomic mass is 9.83. The molecule has 14 nitrogen and oxygen atoms in total. The minimum atomic E-state index is -5.15. The Kier molecular flexibility index (Phi) is 18.3. The molecule has 0 aromatic rings. The molecule has 7 amide bonds. The molecule has 0 atom stereocenters. The van der Waals surface area contributed by atoms with Crippen molar-refractivity contribution in [3.05, 3.63) is 0 Å². The van der Waals surface area contributed by atoms with Gasteiger partial charge in [-0.25, -0.2) is 0 Å². The highest BCUT2D eigenvalue weighted by atomic mass is 19.4. The van der Waals surface area contributed by atoms with Gasteiger partial charge in [-0.05, 0) is 19.3 Å². The van der Waals surface area contributed by atoms with Crippen LogP contribution in [0, 0.1) is 0 Å². The first-order valence-corrected chi connectivity index (χ1v) is 14.2. The van der Waals surface area contributed by atoms with Crippen molar-refractivity contribution in [1.82, 2.24) is 37.2 Å². The second-order valence-corrected chi connectivity index (χ2v) is 9.99. The maximum absolute atomic E-state index is 12.4. The highest BCUT2D eigenvalue weighted by molar-refractivity contribution is 5.83. The quantitative estimate of drug-likeness (QED) is 0.0677. The van der Waals surface area contributed by atoms with E-state index >= 15 is 0 Å². The van der Waals surface area contributed by atoms with Crippen molar-refractivity contribution >= 4 is 41.4 Å². The fraction of sp³-hybridized carbons (Fsp3) is 0.720. The van der Waals surface area contributed by atoms with Gasteiger partial charge >= 0.3 is 36.3 Å². The molecule has 0 aliphatic rings. The molecule has 0 heterocycles. The molecule has 7 N–H and O–H groups in total. The number of halogens is 9. The number of amides is 7. The first kappa shape index (κ1) is 43.7. The zero-order valence-electron chi connectivity index (χ0n) is 25.5. The van der Waals surface area contributed by atoms with Crippen LogP contribution >= 0.6 is 0 Å². The summed E-state index contributed by atoms with van der Waals surface area (Å²) in [5, 5.41) is 14.0. The maximum Gasteiger partial charge on any atom is 0.471 e. The zero-order chi connectivity index (χ0) is 37.2. The van der Waals surface area contributed by atoms with E-state index in [0.717, 1.165) is 0 Å². The Balaban J connectivity index is 5.48. The third kappa shape index (κ3) is 19.4. The molecule has 276 valence electrons. The number of rotatable bonds is 20. The van der Waals surface area contributed by atoms with Gasteiger partial charge in [-0.15, -0.1) is 0 Å². The van der Waals surface area contributed by atoms with Crippen molar-refractivity contribution < 1.29 is 73.1 Å². The lowest BCUT2D eigenvalue weighted by Gasteiger charge is -2.35. The molecule has 0 unspecified atom stereocenters. The number of carbonyl (C=O) groups is 7. The van der Waals surface area contributed by atoms with Gasteiger partial charge in [-0.1, -0.05) is 6.92 Å². The van der Waals surface area contributed by atoms with Crippen LogP contribution < -0.4 is 37.2 Å². The van der Waals surface area contributed by atoms with Crippen LogP contribution in [-0.4, -0.2) is 105 Å². The normalized spacial score (nSPS) is 12.0. The summed E-state index contributed by atoms with van der Waals surface area (Å²) in [6, 6.07) is 0. The first-order valence-electron chi connectivity index (χ1n) is 14.2. The Hall–Kier alpha value is -4.34. The van der Waals surface area contributed by atoms with Crippen molar-refractivity contribution in [3.63, 3.8) is 0 Å². The monoisotopic (exact) mass is 717 g/mol. The van der Waals surface area contributed by atoms with Crippen LogP contribution in [0.2, 0.25) is 0 Å². The molecule has 0 bridgehead atoms. The Morgan fingerprint density at radius 3 is 0.896 bits per heavy atom. The van der Waals surface area contributed by atoms with Crippen molar-refractivity contribution in [2.75, 3.05) is 39.3 Å². The van der Waals surface area contributed by atoms with Crippen LogP contribution in [0.1, 0.15) is 51.9 Å². The van der Waals surface area contributed by atoms with Crippen LogP contribution in [0.3, 0.4) is 0 Å². The number of carbonyl (C=O) groups excluding carboxylic acids is 7. The molecule has 0 spiro atoms. The first-order chi connectivity index (χ1) is 22.0. The second kappa shape index (κ2) is 20.1. The molecule has 48 heavy (non-hydrogen) atoms. The standard InChI is InChI=1S/C25H36F9N7O7/c1-2-15(42)41-22(6-3-16(43)35-9-12-38-19(46)23(26,27)28,7-4-17(44)36-10-13-39-20(47)24(29,30)31)8-5-18(45)37-11-14-40-21(48)25(32,33)34/h2-14H2,1H3,(H,35,43)(H,36,44)(H,37,45)(H,38,46)(H,39,47)(H,40,48)(H,41,42). The van der Waals surface area contributed by atoms with Gasteiger partial charge in [0.1, 0.15) is 0 Å². The lowest BCUT2D eigenvalue weighted by molar-refractivity contribution is -0.173. The van der Waals surface area contributed by atoms with Crippen molar-refractivity contribution in [1.29, 1.82) is 0 Å². The van der Waals surface area contributed by atoms with Crippen LogP contribution in [0.5, 0.6) is 0 Å². The third-order valence-electron chi connectivity index (χ3n) is 6.19. The summed E-state index contributed by atoms with van der Waals surface area (Å²) in [6.07, 6.45) is -17.6. The van der Waals surface area contributed by atoms with Gasteiger partial charge in [-0.3, -0.25) is 33.6 Å². The molecule has 0 aliphatic heterocycles. The van der Waals surface area contributed by atoms with E-state index in [1.807, 2.05) is 0 Å². The Bertz CT molecular complexity index is 1010. The van der Waals surface area contributed by atoms with Crippen LogP contribution in [0.4, 0.5) is 39.5 Å². The molecular formula is C25H36F9N7O7. The highest BCUT2D eigenvalue weighted by Crippen LogP contribution is 2.26. The van der Waals surface area contributed by atoms with Gasteiger partial charge in [-0.2, -0.15) is 39.5 Å². The Morgan fingerprint density at radius 2 is 0.667 bits per heavy atom. The molecule has 0 radical (unpaired) electrons. The van der Waals surface area contributed by atoms with E-state index in [2.05, 4.69) is 21.3 Å². The minimum Gasteiger partial charge on any atom is -0.354 e. The Labute approximate surface area is 267 Å². The van der Waals surface area contributed by atoms with Gasteiger partial charge in [0.2, 0.25) is 23.6 Å². The van der Waals surface area contributed by atoms with Crippen LogP contribution in [0.25, 0.3) is 0 Å². The fourth-order valence-electron chi connectivity index (χ4n) is 3.70. The van der Waals surface area contributed by atoms with E-state index in [9.17, 15) is 73.1 Å². The fourth-order valence-corrected chi connectivity index (χ4v) is 3.70. The molecule has 0 saturated carbocycles. The number of nitrogens with one attached hydrogen (secondary N) is 7. The summed E-state index contributed by atoms with van der Waals surface area (Å²) in [7, 11) is 0. The molecule has 0 aliphatic carbocycles. The van der Waals surface area contributed by atoms with E-state index in [1.54, 1.807) is 0 Å². The predicted molar refractivity (Wildman–Crippen MR) is 145 cm³/mol. The number of alkyl halides is 9. The van der Waals surface area contributed by atoms with Crippen molar-refractivity contribution in [2.24, 2.45) is 0 Å². The largest absolute Gasteiger partial charge is 0.471 e. The van der Waals surface area contributed by atoms with E-state index < -0.39 is 124 Å². The average molecular weight is 718 g/mol. The zero-order valence-corrected chi connectivity index (χ0v) is 25.5. The molecular weight excluding hydrogens is 681 g/mol. The smallest absolute Gasteiger partial charge is 0.354 e. The van der Waals surface area contributed by atoms with Gasteiger partial charge < -0.3 is 37.2 Å². The van der Waals surface area contributed by atoms with Crippen LogP contribution in [-0.2, 0) is 33.6 Å². The average Bonchev–Trinajstić information content (AvgIpc) is 2.98. The maximum atomic E-state index is 12.4. The van der Waals surface area contributed by atoms with Crippen molar-refractivity contribution in [2.45, 2.75) is 75.9 Å². The number of hydrogen-bond acceptors (Lipinski definition) is 7. The number of hydrogen-bond donors (Lipinski definition) is 7. The molecule has 0 fully saturated rings. The summed E-state index contributed by atoms with van der Waals surface area (Å²) in [6.45, 7) is -1.58. The predicted octanol–water partition coefficient (Wildman–Crippen LogP) is -0.0239. The topological polar surface area (TPSA) is 204 Å². The summed E-state index contributed by atoms with van der Waals surface area (Å²) < 4.78 is 111. The summed E-state index contributed by atoms with van der Waals surface area (Å²) in [5.41, 5.74) is -1.49. The lowest BCUT2D eigenvalue weighted by Crippen LogP contribution is -2.50. The van der Waals surface area contributed by atoms with Crippen LogP contribution in [0.15, 0.2) is 0 Å². The van der Waals surface area contributed by atoms with E-state index in [0.29, 0.717) is 0 Å². The summed E-state index contributed by atoms with van der Waals surface area (Å²) in [5.74, 6) is -9.60. The van der Waals surface area contributed by atoms with E-state index in [-0.39, 0.29) is 25.7 Å². The van der Waals surface area contributed by atoms with Gasteiger partial charge in [0.05, 0.1) is 0 Å².